The van der Waals surface area contributed by atoms with Gasteiger partial charge >= 0.3 is 6.09 Å². The van der Waals surface area contributed by atoms with Crippen molar-refractivity contribution in [3.05, 3.63) is 59.7 Å². The van der Waals surface area contributed by atoms with Gasteiger partial charge in [0, 0.05) is 24.9 Å². The normalized spacial score (nSPS) is 22.9. The number of unbranched alkanes of at least 4 members (excludes halogenated alkanes) is 1. The zero-order valence-electron chi connectivity index (χ0n) is 19.4. The summed E-state index contributed by atoms with van der Waals surface area (Å²) in [5.41, 5.74) is 3.15. The minimum Gasteiger partial charge on any atom is -0.495 e. The Morgan fingerprint density at radius 2 is 1.81 bits per heavy atom. The largest absolute Gasteiger partial charge is 0.495 e. The third-order valence-electron chi connectivity index (χ3n) is 6.92. The fourth-order valence-electron chi connectivity index (χ4n) is 5.37. The van der Waals surface area contributed by atoms with Crippen LogP contribution in [0.3, 0.4) is 0 Å². The molecular formula is C27H36N2O3. The predicted octanol–water partition coefficient (Wildman–Crippen LogP) is 5.96. The summed E-state index contributed by atoms with van der Waals surface area (Å²) in [4.78, 5) is 15.3. The number of rotatable bonds is 8. The number of nitrogens with one attached hydrogen (secondary N) is 1. The van der Waals surface area contributed by atoms with Crippen molar-refractivity contribution in [3.63, 3.8) is 0 Å². The topological polar surface area (TPSA) is 50.8 Å². The number of hydrogen-bond acceptors (Lipinski definition) is 4. The van der Waals surface area contributed by atoms with E-state index in [-0.39, 0.29) is 12.2 Å². The summed E-state index contributed by atoms with van der Waals surface area (Å²) in [6.45, 7) is 3.15. The van der Waals surface area contributed by atoms with Crippen LogP contribution in [0.4, 0.5) is 10.5 Å². The Morgan fingerprint density at radius 1 is 1.06 bits per heavy atom. The number of aryl methyl sites for hydroxylation is 2. The zero-order chi connectivity index (χ0) is 22.3. The first-order chi connectivity index (χ1) is 15.6. The molecule has 2 unspecified atom stereocenters. The lowest BCUT2D eigenvalue weighted by molar-refractivity contribution is -0.0307. The van der Waals surface area contributed by atoms with Gasteiger partial charge in [-0.25, -0.2) is 4.79 Å². The monoisotopic (exact) mass is 436 g/mol. The van der Waals surface area contributed by atoms with Gasteiger partial charge in [0.2, 0.25) is 0 Å². The lowest BCUT2D eigenvalue weighted by Crippen LogP contribution is -2.54. The van der Waals surface area contributed by atoms with Gasteiger partial charge in [-0.05, 0) is 68.8 Å². The van der Waals surface area contributed by atoms with Crippen LogP contribution in [0.15, 0.2) is 48.5 Å². The van der Waals surface area contributed by atoms with E-state index in [0.29, 0.717) is 23.5 Å². The van der Waals surface area contributed by atoms with Crippen molar-refractivity contribution in [1.29, 1.82) is 0 Å². The standard InChI is InChI=1S/C27H36N2O3/c1-20-14-15-26(31-2)25(17-20)28-27(30)32-24-18-22-12-8-13-23(19-24)29(22)16-7-6-11-21-9-4-3-5-10-21/h3-5,9-10,14-15,17,22-24H,6-8,11-13,16,18-19H2,1-2H3,(H,28,30). The summed E-state index contributed by atoms with van der Waals surface area (Å²) in [7, 11) is 1.61. The number of fused-ring (bicyclic) bond motifs is 2. The maximum absolute atomic E-state index is 12.6. The average molecular weight is 437 g/mol. The van der Waals surface area contributed by atoms with Crippen molar-refractivity contribution in [2.75, 3.05) is 19.0 Å². The third kappa shape index (κ3) is 5.83. The lowest BCUT2D eigenvalue weighted by atomic mass is 9.82. The molecule has 5 heteroatoms. The SMILES string of the molecule is COc1ccc(C)cc1NC(=O)OC1CC2CCCC(C1)N2CCCCc1ccccc1. The molecule has 32 heavy (non-hydrogen) atoms. The van der Waals surface area contributed by atoms with E-state index in [0.717, 1.165) is 31.4 Å². The van der Waals surface area contributed by atoms with Gasteiger partial charge in [0.15, 0.2) is 0 Å². The smallest absolute Gasteiger partial charge is 0.412 e. The molecule has 2 bridgehead atoms. The predicted molar refractivity (Wildman–Crippen MR) is 128 cm³/mol. The van der Waals surface area contributed by atoms with Crippen LogP contribution in [0, 0.1) is 6.92 Å². The number of hydrogen-bond donors (Lipinski definition) is 1. The molecule has 2 heterocycles. The molecule has 0 aromatic heterocycles. The molecule has 2 atom stereocenters. The van der Waals surface area contributed by atoms with Crippen LogP contribution in [-0.4, -0.2) is 42.8 Å². The minimum atomic E-state index is -0.381. The Balaban J connectivity index is 1.26. The van der Waals surface area contributed by atoms with Crippen molar-refractivity contribution in [2.45, 2.75) is 76.5 Å². The van der Waals surface area contributed by atoms with Crippen LogP contribution in [0.1, 0.15) is 56.1 Å². The number of benzene rings is 2. The van der Waals surface area contributed by atoms with E-state index in [2.05, 4.69) is 40.5 Å². The molecule has 2 saturated heterocycles. The summed E-state index contributed by atoms with van der Waals surface area (Å²) in [5, 5.41) is 2.88. The van der Waals surface area contributed by atoms with Crippen LogP contribution in [-0.2, 0) is 11.2 Å². The van der Waals surface area contributed by atoms with E-state index >= 15 is 0 Å². The van der Waals surface area contributed by atoms with Gasteiger partial charge in [-0.1, -0.05) is 42.8 Å². The first kappa shape index (κ1) is 22.7. The summed E-state index contributed by atoms with van der Waals surface area (Å²) in [6.07, 6.45) is 8.79. The lowest BCUT2D eigenvalue weighted by Gasteiger charge is -2.48. The third-order valence-corrected chi connectivity index (χ3v) is 6.92. The van der Waals surface area contributed by atoms with Crippen LogP contribution in [0.5, 0.6) is 5.75 Å². The van der Waals surface area contributed by atoms with Gasteiger partial charge in [0.25, 0.3) is 0 Å². The second-order valence-corrected chi connectivity index (χ2v) is 9.25. The van der Waals surface area contributed by atoms with Gasteiger partial charge in [-0.3, -0.25) is 10.2 Å². The number of ether oxygens (including phenoxy) is 2. The second-order valence-electron chi connectivity index (χ2n) is 9.25. The van der Waals surface area contributed by atoms with Crippen LogP contribution in [0.25, 0.3) is 0 Å². The fourth-order valence-corrected chi connectivity index (χ4v) is 5.37. The van der Waals surface area contributed by atoms with E-state index in [1.165, 1.54) is 37.7 Å². The average Bonchev–Trinajstić information content (AvgIpc) is 2.77. The van der Waals surface area contributed by atoms with Crippen molar-refractivity contribution in [1.82, 2.24) is 4.90 Å². The number of anilines is 1. The molecule has 172 valence electrons. The van der Waals surface area contributed by atoms with Gasteiger partial charge in [-0.15, -0.1) is 0 Å². The first-order valence-corrected chi connectivity index (χ1v) is 12.0. The molecule has 1 amide bonds. The van der Waals surface area contributed by atoms with E-state index in [4.69, 9.17) is 9.47 Å². The second kappa shape index (κ2) is 10.9. The number of methoxy groups -OCH3 is 1. The quantitative estimate of drug-likeness (QED) is 0.519. The van der Waals surface area contributed by atoms with Gasteiger partial charge in [-0.2, -0.15) is 0 Å². The Labute approximate surface area is 192 Å². The maximum atomic E-state index is 12.6. The molecule has 2 fully saturated rings. The Bertz CT molecular complexity index is 872. The number of amides is 1. The maximum Gasteiger partial charge on any atom is 0.412 e. The molecular weight excluding hydrogens is 400 g/mol. The van der Waals surface area contributed by atoms with Crippen molar-refractivity contribution in [2.24, 2.45) is 0 Å². The highest BCUT2D eigenvalue weighted by atomic mass is 16.6. The summed E-state index contributed by atoms with van der Waals surface area (Å²) in [5.74, 6) is 0.648. The van der Waals surface area contributed by atoms with Crippen LogP contribution >= 0.6 is 0 Å². The van der Waals surface area contributed by atoms with Crippen molar-refractivity contribution in [3.8, 4) is 5.75 Å². The van der Waals surface area contributed by atoms with Crippen LogP contribution in [0.2, 0.25) is 0 Å². The summed E-state index contributed by atoms with van der Waals surface area (Å²) in [6, 6.07) is 17.6. The van der Waals surface area contributed by atoms with E-state index < -0.39 is 0 Å². The van der Waals surface area contributed by atoms with Crippen molar-refractivity contribution < 1.29 is 14.3 Å². The van der Waals surface area contributed by atoms with E-state index in [9.17, 15) is 4.79 Å². The molecule has 1 N–H and O–H groups in total. The van der Waals surface area contributed by atoms with Crippen LogP contribution < -0.4 is 10.1 Å². The molecule has 2 aromatic rings. The summed E-state index contributed by atoms with van der Waals surface area (Å²) >= 11 is 0. The van der Waals surface area contributed by atoms with E-state index in [1.807, 2.05) is 25.1 Å². The fraction of sp³-hybridized carbons (Fsp3) is 0.519. The summed E-state index contributed by atoms with van der Waals surface area (Å²) < 4.78 is 11.2. The number of carbonyl (C=O) groups is 1. The van der Waals surface area contributed by atoms with Gasteiger partial charge in [0.1, 0.15) is 11.9 Å². The Morgan fingerprint density at radius 3 is 2.53 bits per heavy atom. The molecule has 0 spiro atoms. The highest BCUT2D eigenvalue weighted by Gasteiger charge is 2.39. The van der Waals surface area contributed by atoms with Crippen molar-refractivity contribution >= 4 is 11.8 Å². The molecule has 4 rings (SSSR count). The molecule has 2 aromatic carbocycles. The zero-order valence-corrected chi connectivity index (χ0v) is 19.4. The molecule has 0 aliphatic carbocycles. The van der Waals surface area contributed by atoms with E-state index in [1.54, 1.807) is 7.11 Å². The number of carbonyl (C=O) groups excluding carboxylic acids is 1. The van der Waals surface area contributed by atoms with Gasteiger partial charge in [0.05, 0.1) is 12.8 Å². The number of piperidine rings is 2. The molecule has 2 aliphatic rings. The molecule has 2 aliphatic heterocycles. The molecule has 5 nitrogen and oxygen atoms in total. The minimum absolute atomic E-state index is 0.0123. The Hall–Kier alpha value is -2.53. The highest BCUT2D eigenvalue weighted by Crippen LogP contribution is 2.36. The Kier molecular flexibility index (Phi) is 7.69. The van der Waals surface area contributed by atoms with Gasteiger partial charge < -0.3 is 9.47 Å². The number of nitrogens with zero attached hydrogens (tertiary/aromatic N) is 1. The highest BCUT2D eigenvalue weighted by molar-refractivity contribution is 5.87. The molecule has 0 radical (unpaired) electrons. The molecule has 0 saturated carbocycles. The first-order valence-electron chi connectivity index (χ1n) is 12.0.